The Hall–Kier alpha value is -2.75. The van der Waals surface area contributed by atoms with Gasteiger partial charge >= 0.3 is 6.36 Å². The van der Waals surface area contributed by atoms with E-state index in [2.05, 4.69) is 35.9 Å². The summed E-state index contributed by atoms with van der Waals surface area (Å²) >= 11 is 0. The molecule has 0 fully saturated rings. The molecule has 3 aromatic carbocycles. The van der Waals surface area contributed by atoms with Crippen LogP contribution in [0.25, 0.3) is 22.3 Å². The van der Waals surface area contributed by atoms with Crippen LogP contribution in [0.2, 0.25) is 0 Å². The summed E-state index contributed by atoms with van der Waals surface area (Å²) in [5, 5.41) is 0. The van der Waals surface area contributed by atoms with Crippen LogP contribution in [0.1, 0.15) is 31.7 Å². The van der Waals surface area contributed by atoms with Gasteiger partial charge in [0.05, 0.1) is 0 Å². The van der Waals surface area contributed by atoms with Crippen LogP contribution in [0.5, 0.6) is 5.75 Å². The second-order valence-electron chi connectivity index (χ2n) is 6.80. The maximum atomic E-state index is 12.3. The molecular weight excluding hydrogens is 361 g/mol. The molecule has 0 aliphatic heterocycles. The van der Waals surface area contributed by atoms with Crippen LogP contribution in [-0.4, -0.2) is 6.36 Å². The zero-order valence-corrected chi connectivity index (χ0v) is 15.8. The van der Waals surface area contributed by atoms with Crippen LogP contribution in [0.4, 0.5) is 13.2 Å². The van der Waals surface area contributed by atoms with Crippen LogP contribution in [-0.2, 0) is 6.42 Å². The van der Waals surface area contributed by atoms with Crippen LogP contribution < -0.4 is 4.74 Å². The average molecular weight is 384 g/mol. The molecular formula is C24H23F3O. The van der Waals surface area contributed by atoms with Gasteiger partial charge in [-0.05, 0) is 52.8 Å². The van der Waals surface area contributed by atoms with Gasteiger partial charge in [-0.3, -0.25) is 0 Å². The van der Waals surface area contributed by atoms with E-state index in [1.54, 1.807) is 12.1 Å². The fourth-order valence-electron chi connectivity index (χ4n) is 3.15. The molecule has 0 bridgehead atoms. The molecule has 0 atom stereocenters. The van der Waals surface area contributed by atoms with Crippen molar-refractivity contribution < 1.29 is 17.9 Å². The first-order valence-electron chi connectivity index (χ1n) is 9.50. The Balaban J connectivity index is 1.68. The molecule has 0 aliphatic carbocycles. The third-order valence-corrected chi connectivity index (χ3v) is 4.66. The lowest BCUT2D eigenvalue weighted by molar-refractivity contribution is -0.274. The van der Waals surface area contributed by atoms with Crippen molar-refractivity contribution >= 4 is 0 Å². The quantitative estimate of drug-likeness (QED) is 0.380. The van der Waals surface area contributed by atoms with Crippen LogP contribution in [0.15, 0.2) is 72.8 Å². The molecule has 0 unspecified atom stereocenters. The Morgan fingerprint density at radius 2 is 1.07 bits per heavy atom. The number of alkyl halides is 3. The normalized spacial score (nSPS) is 11.4. The van der Waals surface area contributed by atoms with E-state index in [1.807, 2.05) is 24.3 Å². The molecule has 146 valence electrons. The highest BCUT2D eigenvalue weighted by Crippen LogP contribution is 2.28. The molecule has 0 heterocycles. The molecule has 3 rings (SSSR count). The van der Waals surface area contributed by atoms with E-state index >= 15 is 0 Å². The number of hydrogen-bond acceptors (Lipinski definition) is 1. The predicted molar refractivity (Wildman–Crippen MR) is 107 cm³/mol. The maximum Gasteiger partial charge on any atom is 0.573 e. The molecule has 3 aromatic rings. The van der Waals surface area contributed by atoms with Crippen molar-refractivity contribution in [2.24, 2.45) is 0 Å². The van der Waals surface area contributed by atoms with Crippen LogP contribution in [0, 0.1) is 0 Å². The summed E-state index contributed by atoms with van der Waals surface area (Å²) in [6.45, 7) is 2.21. The highest BCUT2D eigenvalue weighted by atomic mass is 19.4. The van der Waals surface area contributed by atoms with E-state index in [-0.39, 0.29) is 5.75 Å². The van der Waals surface area contributed by atoms with E-state index in [0.717, 1.165) is 28.7 Å². The number of rotatable bonds is 7. The standard InChI is InChI=1S/C24H23F3O/c1-2-3-4-5-18-6-8-19(9-7-18)20-10-12-21(13-11-20)22-14-16-23(17-15-22)28-24(25,26)27/h6-17H,2-5H2,1H3. The summed E-state index contributed by atoms with van der Waals surface area (Å²) in [4.78, 5) is 0. The van der Waals surface area contributed by atoms with Gasteiger partial charge in [-0.2, -0.15) is 0 Å². The van der Waals surface area contributed by atoms with E-state index in [4.69, 9.17) is 0 Å². The molecule has 1 nitrogen and oxygen atoms in total. The van der Waals surface area contributed by atoms with Crippen molar-refractivity contribution in [3.8, 4) is 28.0 Å². The van der Waals surface area contributed by atoms with Crippen molar-refractivity contribution in [1.82, 2.24) is 0 Å². The molecule has 0 N–H and O–H groups in total. The van der Waals surface area contributed by atoms with E-state index < -0.39 is 6.36 Å². The molecule has 0 aliphatic rings. The second-order valence-corrected chi connectivity index (χ2v) is 6.80. The Bertz CT molecular complexity index is 864. The monoisotopic (exact) mass is 384 g/mol. The molecule has 4 heteroatoms. The van der Waals surface area contributed by atoms with Crippen LogP contribution in [0.3, 0.4) is 0 Å². The number of aryl methyl sites for hydroxylation is 1. The van der Waals surface area contributed by atoms with E-state index in [0.29, 0.717) is 0 Å². The molecule has 0 amide bonds. The third-order valence-electron chi connectivity index (χ3n) is 4.66. The highest BCUT2D eigenvalue weighted by molar-refractivity contribution is 5.70. The Kier molecular flexibility index (Phi) is 6.40. The summed E-state index contributed by atoms with van der Waals surface area (Å²) in [5.41, 5.74) is 5.40. The summed E-state index contributed by atoms with van der Waals surface area (Å²) in [6, 6.07) is 22.6. The van der Waals surface area contributed by atoms with Crippen molar-refractivity contribution in [1.29, 1.82) is 0 Å². The first kappa shape index (κ1) is 20.0. The largest absolute Gasteiger partial charge is 0.573 e. The zero-order chi connectivity index (χ0) is 20.0. The van der Waals surface area contributed by atoms with Gasteiger partial charge in [0.15, 0.2) is 0 Å². The van der Waals surface area contributed by atoms with Crippen molar-refractivity contribution in [2.45, 2.75) is 39.0 Å². The molecule has 0 aromatic heterocycles. The fraction of sp³-hybridized carbons (Fsp3) is 0.250. The van der Waals surface area contributed by atoms with Crippen molar-refractivity contribution in [3.63, 3.8) is 0 Å². The summed E-state index contributed by atoms with van der Waals surface area (Å²) in [6.07, 6.45) is 0.141. The topological polar surface area (TPSA) is 9.23 Å². The van der Waals surface area contributed by atoms with Gasteiger partial charge in [0.25, 0.3) is 0 Å². The first-order valence-corrected chi connectivity index (χ1v) is 9.50. The van der Waals surface area contributed by atoms with Gasteiger partial charge in [-0.25, -0.2) is 0 Å². The maximum absolute atomic E-state index is 12.3. The number of unbranched alkanes of at least 4 members (excludes halogenated alkanes) is 2. The second kappa shape index (κ2) is 8.96. The zero-order valence-electron chi connectivity index (χ0n) is 15.8. The number of benzene rings is 3. The predicted octanol–water partition coefficient (Wildman–Crippen LogP) is 7.65. The summed E-state index contributed by atoms with van der Waals surface area (Å²) in [7, 11) is 0. The molecule has 0 radical (unpaired) electrons. The molecule has 0 saturated carbocycles. The van der Waals surface area contributed by atoms with Gasteiger partial charge in [0, 0.05) is 0 Å². The third kappa shape index (κ3) is 5.62. The number of halogens is 3. The first-order chi connectivity index (χ1) is 13.4. The lowest BCUT2D eigenvalue weighted by atomic mass is 9.98. The van der Waals surface area contributed by atoms with Crippen LogP contribution >= 0.6 is 0 Å². The lowest BCUT2D eigenvalue weighted by Crippen LogP contribution is -2.16. The minimum absolute atomic E-state index is 0.216. The van der Waals surface area contributed by atoms with E-state index in [1.165, 1.54) is 37.0 Å². The Morgan fingerprint density at radius 3 is 1.50 bits per heavy atom. The molecule has 0 spiro atoms. The Morgan fingerprint density at radius 1 is 0.643 bits per heavy atom. The minimum atomic E-state index is -4.67. The van der Waals surface area contributed by atoms with Gasteiger partial charge in [-0.15, -0.1) is 13.2 Å². The number of hydrogen-bond donors (Lipinski definition) is 0. The van der Waals surface area contributed by atoms with Crippen molar-refractivity contribution in [3.05, 3.63) is 78.4 Å². The number of ether oxygens (including phenoxy) is 1. The van der Waals surface area contributed by atoms with Crippen molar-refractivity contribution in [2.75, 3.05) is 0 Å². The minimum Gasteiger partial charge on any atom is -0.406 e. The molecule has 28 heavy (non-hydrogen) atoms. The molecule has 0 saturated heterocycles. The van der Waals surface area contributed by atoms with Gasteiger partial charge < -0.3 is 4.74 Å². The summed E-state index contributed by atoms with van der Waals surface area (Å²) < 4.78 is 40.7. The van der Waals surface area contributed by atoms with Gasteiger partial charge in [-0.1, -0.05) is 80.4 Å². The fourth-order valence-corrected chi connectivity index (χ4v) is 3.15. The average Bonchev–Trinajstić information content (AvgIpc) is 2.68. The highest BCUT2D eigenvalue weighted by Gasteiger charge is 2.30. The van der Waals surface area contributed by atoms with Gasteiger partial charge in [0.2, 0.25) is 0 Å². The smallest absolute Gasteiger partial charge is 0.406 e. The SMILES string of the molecule is CCCCCc1ccc(-c2ccc(-c3ccc(OC(F)(F)F)cc3)cc2)cc1. The van der Waals surface area contributed by atoms with Gasteiger partial charge in [0.1, 0.15) is 5.75 Å². The Labute approximate surface area is 163 Å². The summed E-state index contributed by atoms with van der Waals surface area (Å²) in [5.74, 6) is -0.216. The van der Waals surface area contributed by atoms with E-state index in [9.17, 15) is 13.2 Å². The lowest BCUT2D eigenvalue weighted by Gasteiger charge is -2.10.